The van der Waals surface area contributed by atoms with E-state index in [2.05, 4.69) is 17.6 Å². The molecule has 0 saturated carbocycles. The maximum Gasteiger partial charge on any atom is 0.225 e. The predicted molar refractivity (Wildman–Crippen MR) is 113 cm³/mol. The Labute approximate surface area is 158 Å². The molecule has 3 atom stereocenters. The molecule has 0 rings (SSSR count). The van der Waals surface area contributed by atoms with Gasteiger partial charge in [0, 0.05) is 17.4 Å². The van der Waals surface area contributed by atoms with Crippen molar-refractivity contribution in [3.8, 4) is 0 Å². The summed E-state index contributed by atoms with van der Waals surface area (Å²) in [6.07, 6.45) is 2.44. The highest BCUT2D eigenvalue weighted by Crippen LogP contribution is 2.25. The second-order valence-corrected chi connectivity index (χ2v) is 6.47. The Balaban J connectivity index is -0.000000329. The van der Waals surface area contributed by atoms with Gasteiger partial charge in [-0.2, -0.15) is 0 Å². The molecule has 2 N–H and O–H groups in total. The van der Waals surface area contributed by atoms with Crippen molar-refractivity contribution in [3.05, 3.63) is 0 Å². The van der Waals surface area contributed by atoms with Crippen molar-refractivity contribution in [1.29, 1.82) is 0 Å². The van der Waals surface area contributed by atoms with Crippen LogP contribution in [-0.2, 0) is 9.59 Å². The number of hydrogen-bond acceptors (Lipinski definition) is 3. The van der Waals surface area contributed by atoms with Crippen LogP contribution in [0.25, 0.3) is 0 Å². The Morgan fingerprint density at radius 3 is 1.80 bits per heavy atom. The number of amides is 1. The summed E-state index contributed by atoms with van der Waals surface area (Å²) in [7, 11) is 1.93. The monoisotopic (exact) mass is 360 g/mol. The maximum absolute atomic E-state index is 12.2. The second kappa shape index (κ2) is 21.1. The Bertz CT molecular complexity index is 292. The van der Waals surface area contributed by atoms with Crippen LogP contribution in [0.1, 0.15) is 89.0 Å². The van der Waals surface area contributed by atoms with Gasteiger partial charge in [0.25, 0.3) is 0 Å². The third-order valence-electron chi connectivity index (χ3n) is 3.37. The zero-order valence-electron chi connectivity index (χ0n) is 19.2. The van der Waals surface area contributed by atoms with E-state index in [0.29, 0.717) is 12.3 Å². The molecule has 0 heterocycles. The fourth-order valence-electron chi connectivity index (χ4n) is 2.46. The molecular weight excluding hydrogens is 312 g/mol. The van der Waals surface area contributed by atoms with Crippen LogP contribution in [0.5, 0.6) is 0 Å². The molecule has 0 aromatic heterocycles. The molecule has 0 aliphatic heterocycles. The van der Waals surface area contributed by atoms with Gasteiger partial charge in [0.15, 0.2) is 0 Å². The molecule has 0 saturated heterocycles. The molecule has 0 aliphatic carbocycles. The number of carbonyl (C=O) groups is 2. The summed E-state index contributed by atoms with van der Waals surface area (Å²) in [5, 5.41) is 6.19. The summed E-state index contributed by atoms with van der Waals surface area (Å²) in [6.45, 7) is 22.8. The van der Waals surface area contributed by atoms with Gasteiger partial charge in [0.05, 0.1) is 0 Å². The molecule has 0 bridgehead atoms. The Hall–Kier alpha value is -0.900. The second-order valence-electron chi connectivity index (χ2n) is 6.47. The topological polar surface area (TPSA) is 58.2 Å². The van der Waals surface area contributed by atoms with Gasteiger partial charge < -0.3 is 15.4 Å². The van der Waals surface area contributed by atoms with Crippen molar-refractivity contribution in [2.24, 2.45) is 17.3 Å². The van der Waals surface area contributed by atoms with E-state index in [1.165, 1.54) is 0 Å². The van der Waals surface area contributed by atoms with Crippen LogP contribution in [-0.4, -0.2) is 31.8 Å². The third-order valence-corrected chi connectivity index (χ3v) is 3.37. The van der Waals surface area contributed by atoms with Crippen LogP contribution in [0, 0.1) is 17.3 Å². The molecule has 0 radical (unpaired) electrons. The fraction of sp³-hybridized carbons (Fsp3) is 0.905. The molecule has 25 heavy (non-hydrogen) atoms. The van der Waals surface area contributed by atoms with Crippen molar-refractivity contribution >= 4 is 12.2 Å². The standard InChI is InChI=1S/C15H30N2O2.3C2H6/c1-11(9-16-6)7-13(3)17-14(19)15(4,5)8-12(2)10-18;3*1-2/h10-13,16H,7-9H2,1-6H3,(H,17,19);3*1-2H3. The average Bonchev–Trinajstić information content (AvgIpc) is 2.59. The van der Waals surface area contributed by atoms with E-state index >= 15 is 0 Å². The lowest BCUT2D eigenvalue weighted by Gasteiger charge is -2.28. The predicted octanol–water partition coefficient (Wildman–Crippen LogP) is 5.07. The lowest BCUT2D eigenvalue weighted by atomic mass is 9.82. The number of rotatable bonds is 9. The first kappa shape index (κ1) is 31.8. The van der Waals surface area contributed by atoms with Gasteiger partial charge >= 0.3 is 0 Å². The number of carbonyl (C=O) groups excluding carboxylic acids is 2. The van der Waals surface area contributed by atoms with E-state index in [1.54, 1.807) is 0 Å². The normalized spacial score (nSPS) is 13.3. The molecule has 3 unspecified atom stereocenters. The van der Waals surface area contributed by atoms with E-state index < -0.39 is 5.41 Å². The minimum Gasteiger partial charge on any atom is -0.353 e. The SMILES string of the molecule is CC.CC.CC.CNCC(C)CC(C)NC(=O)C(C)(C)CC(C)C=O. The van der Waals surface area contributed by atoms with Gasteiger partial charge in [-0.25, -0.2) is 0 Å². The molecule has 1 amide bonds. The first-order chi connectivity index (χ1) is 11.7. The van der Waals surface area contributed by atoms with Crippen molar-refractivity contribution < 1.29 is 9.59 Å². The van der Waals surface area contributed by atoms with Gasteiger partial charge in [0.2, 0.25) is 5.91 Å². The highest BCUT2D eigenvalue weighted by atomic mass is 16.2. The van der Waals surface area contributed by atoms with E-state index in [-0.39, 0.29) is 17.9 Å². The van der Waals surface area contributed by atoms with Crippen molar-refractivity contribution in [1.82, 2.24) is 10.6 Å². The first-order valence-electron chi connectivity index (χ1n) is 10.1. The summed E-state index contributed by atoms with van der Waals surface area (Å²) in [5.41, 5.74) is -0.499. The van der Waals surface area contributed by atoms with Gasteiger partial charge in [-0.3, -0.25) is 4.79 Å². The zero-order chi connectivity index (χ0) is 21.1. The van der Waals surface area contributed by atoms with E-state index in [9.17, 15) is 9.59 Å². The van der Waals surface area contributed by atoms with Crippen LogP contribution >= 0.6 is 0 Å². The van der Waals surface area contributed by atoms with Crippen LogP contribution in [0.2, 0.25) is 0 Å². The van der Waals surface area contributed by atoms with Crippen LogP contribution in [0.15, 0.2) is 0 Å². The molecule has 4 heteroatoms. The highest BCUT2D eigenvalue weighted by molar-refractivity contribution is 5.82. The molecule has 0 aliphatic rings. The summed E-state index contributed by atoms with van der Waals surface area (Å²) in [6, 6.07) is 0.154. The molecule has 154 valence electrons. The Morgan fingerprint density at radius 2 is 1.44 bits per heavy atom. The molecule has 0 spiro atoms. The smallest absolute Gasteiger partial charge is 0.225 e. The summed E-state index contributed by atoms with van der Waals surface area (Å²) in [5.74, 6) is 0.474. The van der Waals surface area contributed by atoms with Crippen molar-refractivity contribution in [2.75, 3.05) is 13.6 Å². The van der Waals surface area contributed by atoms with Gasteiger partial charge in [-0.15, -0.1) is 0 Å². The van der Waals surface area contributed by atoms with Crippen LogP contribution < -0.4 is 10.6 Å². The number of hydrogen-bond donors (Lipinski definition) is 2. The van der Waals surface area contributed by atoms with Gasteiger partial charge in [-0.1, -0.05) is 69.2 Å². The van der Waals surface area contributed by atoms with Gasteiger partial charge in [0.1, 0.15) is 6.29 Å². The number of aldehydes is 1. The zero-order valence-corrected chi connectivity index (χ0v) is 19.2. The summed E-state index contributed by atoms with van der Waals surface area (Å²) < 4.78 is 0. The molecule has 0 fully saturated rings. The molecule has 0 aromatic rings. The summed E-state index contributed by atoms with van der Waals surface area (Å²) >= 11 is 0. The van der Waals surface area contributed by atoms with Crippen LogP contribution in [0.3, 0.4) is 0 Å². The van der Waals surface area contributed by atoms with Crippen LogP contribution in [0.4, 0.5) is 0 Å². The fourth-order valence-corrected chi connectivity index (χ4v) is 2.46. The maximum atomic E-state index is 12.2. The lowest BCUT2D eigenvalue weighted by Crippen LogP contribution is -2.43. The quantitative estimate of drug-likeness (QED) is 0.565. The van der Waals surface area contributed by atoms with E-state index in [1.807, 2.05) is 76.3 Å². The minimum absolute atomic E-state index is 0.0327. The third kappa shape index (κ3) is 19.3. The largest absolute Gasteiger partial charge is 0.353 e. The van der Waals surface area contributed by atoms with Gasteiger partial charge in [-0.05, 0) is 39.3 Å². The minimum atomic E-state index is -0.499. The lowest BCUT2D eigenvalue weighted by molar-refractivity contribution is -0.131. The molecule has 4 nitrogen and oxygen atoms in total. The summed E-state index contributed by atoms with van der Waals surface area (Å²) in [4.78, 5) is 22.9. The number of nitrogens with one attached hydrogen (secondary N) is 2. The Morgan fingerprint density at radius 1 is 1.00 bits per heavy atom. The Kier molecular flexibility index (Phi) is 26.9. The molecular formula is C21H48N2O2. The van der Waals surface area contributed by atoms with E-state index in [4.69, 9.17) is 0 Å². The average molecular weight is 361 g/mol. The molecule has 0 aromatic carbocycles. The van der Waals surface area contributed by atoms with Crippen molar-refractivity contribution in [2.45, 2.75) is 95.0 Å². The highest BCUT2D eigenvalue weighted by Gasteiger charge is 2.30. The van der Waals surface area contributed by atoms with Crippen molar-refractivity contribution in [3.63, 3.8) is 0 Å². The van der Waals surface area contributed by atoms with E-state index in [0.717, 1.165) is 19.3 Å². The first-order valence-corrected chi connectivity index (χ1v) is 10.1.